The maximum atomic E-state index is 9.69. The summed E-state index contributed by atoms with van der Waals surface area (Å²) in [6.45, 7) is 5.91. The number of allylic oxidation sites excluding steroid dienone is 2. The van der Waals surface area contributed by atoms with E-state index in [0.29, 0.717) is 6.61 Å². The minimum atomic E-state index is -0.268. The summed E-state index contributed by atoms with van der Waals surface area (Å²) in [5, 5.41) is 9.69. The Bertz CT molecular complexity index is 392. The summed E-state index contributed by atoms with van der Waals surface area (Å²) < 4.78 is 5.57. The number of hydrogen-bond donors (Lipinski definition) is 1. The highest BCUT2D eigenvalue weighted by atomic mass is 16.5. The van der Waals surface area contributed by atoms with Crippen LogP contribution in [0.25, 0.3) is 0 Å². The van der Waals surface area contributed by atoms with Gasteiger partial charge in [0.05, 0.1) is 18.6 Å². The molecule has 1 rings (SSSR count). The molecule has 1 atom stereocenters. The highest BCUT2D eigenvalue weighted by Gasteiger charge is 2.32. The molecule has 26 heavy (non-hydrogen) atoms. The monoisotopic (exact) mass is 365 g/mol. The van der Waals surface area contributed by atoms with Crippen molar-refractivity contribution in [2.75, 3.05) is 19.8 Å². The Labute approximate surface area is 162 Å². The van der Waals surface area contributed by atoms with Crippen molar-refractivity contribution in [3.05, 3.63) is 12.2 Å². The lowest BCUT2D eigenvalue weighted by molar-refractivity contribution is 0.159. The summed E-state index contributed by atoms with van der Waals surface area (Å²) in [4.78, 5) is 4.39. The van der Waals surface area contributed by atoms with Gasteiger partial charge in [-0.3, -0.25) is 4.99 Å². The Kier molecular flexibility index (Phi) is 13.6. The van der Waals surface area contributed by atoms with Crippen LogP contribution in [-0.4, -0.2) is 30.8 Å². The third kappa shape index (κ3) is 10.4. The van der Waals surface area contributed by atoms with Gasteiger partial charge in [0.2, 0.25) is 0 Å². The second-order valence-corrected chi connectivity index (χ2v) is 8.09. The molecule has 0 aromatic heterocycles. The van der Waals surface area contributed by atoms with E-state index in [0.717, 1.165) is 25.3 Å². The molecule has 0 fully saturated rings. The summed E-state index contributed by atoms with van der Waals surface area (Å²) in [6.07, 6.45) is 22.9. The Hall–Kier alpha value is -0.830. The lowest BCUT2D eigenvalue weighted by Gasteiger charge is -2.26. The summed E-state index contributed by atoms with van der Waals surface area (Å²) in [7, 11) is 0. The molecule has 3 nitrogen and oxygen atoms in total. The van der Waals surface area contributed by atoms with E-state index in [1.54, 1.807) is 0 Å². The highest BCUT2D eigenvalue weighted by molar-refractivity contribution is 5.83. The van der Waals surface area contributed by atoms with Crippen LogP contribution < -0.4 is 0 Å². The molecule has 0 radical (unpaired) electrons. The van der Waals surface area contributed by atoms with Crippen LogP contribution in [0.1, 0.15) is 104 Å². The van der Waals surface area contributed by atoms with Crippen LogP contribution in [0.15, 0.2) is 17.1 Å². The van der Waals surface area contributed by atoms with Crippen LogP contribution in [0.3, 0.4) is 0 Å². The van der Waals surface area contributed by atoms with Gasteiger partial charge in [0.25, 0.3) is 0 Å². The normalized spacial score (nSPS) is 16.7. The van der Waals surface area contributed by atoms with Crippen LogP contribution >= 0.6 is 0 Å². The number of unbranched alkanes of at least 4 members (excludes halogenated alkanes) is 11. The van der Waals surface area contributed by atoms with Gasteiger partial charge in [0.1, 0.15) is 6.61 Å². The number of aliphatic hydroxyl groups is 1. The van der Waals surface area contributed by atoms with Gasteiger partial charge in [0, 0.05) is 0 Å². The van der Waals surface area contributed by atoms with Crippen molar-refractivity contribution in [3.63, 3.8) is 0 Å². The van der Waals surface area contributed by atoms with Crippen LogP contribution in [0.2, 0.25) is 0 Å². The molecule has 1 unspecified atom stereocenters. The molecule has 1 aliphatic rings. The fourth-order valence-corrected chi connectivity index (χ4v) is 3.54. The molecule has 0 amide bonds. The zero-order valence-electron chi connectivity index (χ0n) is 17.5. The molecule has 3 heteroatoms. The standard InChI is InChI=1S/C23H43NO2/c1-3-4-5-6-7-8-9-10-11-12-13-14-15-16-17-18-23(2,21-25)22-24-19-20-26-22/h10-11,25H,3-9,12-21H2,1-2H3/b11-10-. The third-order valence-corrected chi connectivity index (χ3v) is 5.44. The second-order valence-electron chi connectivity index (χ2n) is 8.09. The van der Waals surface area contributed by atoms with E-state index in [9.17, 15) is 5.11 Å². The molecule has 0 aliphatic carbocycles. The van der Waals surface area contributed by atoms with E-state index < -0.39 is 0 Å². The van der Waals surface area contributed by atoms with Gasteiger partial charge in [-0.1, -0.05) is 76.9 Å². The van der Waals surface area contributed by atoms with Crippen molar-refractivity contribution in [3.8, 4) is 0 Å². The largest absolute Gasteiger partial charge is 0.479 e. The fourth-order valence-electron chi connectivity index (χ4n) is 3.54. The van der Waals surface area contributed by atoms with Crippen LogP contribution in [0.5, 0.6) is 0 Å². The highest BCUT2D eigenvalue weighted by Crippen LogP contribution is 2.28. The molecular weight excluding hydrogens is 322 g/mol. The smallest absolute Gasteiger partial charge is 0.191 e. The van der Waals surface area contributed by atoms with Crippen molar-refractivity contribution in [1.82, 2.24) is 0 Å². The summed E-state index contributed by atoms with van der Waals surface area (Å²) in [5.41, 5.74) is -0.268. The molecule has 1 N–H and O–H groups in total. The first-order valence-electron chi connectivity index (χ1n) is 11.2. The molecule has 0 saturated heterocycles. The molecule has 1 aliphatic heterocycles. The van der Waals surface area contributed by atoms with Gasteiger partial charge in [-0.15, -0.1) is 0 Å². The maximum Gasteiger partial charge on any atom is 0.191 e. The topological polar surface area (TPSA) is 41.8 Å². The molecular formula is C23H43NO2. The lowest BCUT2D eigenvalue weighted by atomic mass is 9.85. The molecule has 152 valence electrons. The minimum Gasteiger partial charge on any atom is -0.479 e. The van der Waals surface area contributed by atoms with Gasteiger partial charge in [-0.05, 0) is 39.0 Å². The van der Waals surface area contributed by atoms with E-state index in [1.807, 2.05) is 0 Å². The summed E-state index contributed by atoms with van der Waals surface area (Å²) >= 11 is 0. The molecule has 1 heterocycles. The molecule has 0 spiro atoms. The Balaban J connectivity index is 1.90. The SMILES string of the molecule is CCCCCCCC/C=C\CCCCCCCC(C)(CO)C1=NCCO1. The lowest BCUT2D eigenvalue weighted by Crippen LogP contribution is -2.32. The van der Waals surface area contributed by atoms with E-state index in [1.165, 1.54) is 77.0 Å². The van der Waals surface area contributed by atoms with Crippen molar-refractivity contribution in [2.24, 2.45) is 10.4 Å². The average molecular weight is 366 g/mol. The Morgan fingerprint density at radius 2 is 1.50 bits per heavy atom. The van der Waals surface area contributed by atoms with Gasteiger partial charge in [-0.2, -0.15) is 0 Å². The maximum absolute atomic E-state index is 9.69. The number of rotatable bonds is 17. The van der Waals surface area contributed by atoms with E-state index >= 15 is 0 Å². The summed E-state index contributed by atoms with van der Waals surface area (Å²) in [5.74, 6) is 0.774. The van der Waals surface area contributed by atoms with Gasteiger partial charge in [-0.25, -0.2) is 0 Å². The van der Waals surface area contributed by atoms with Gasteiger partial charge in [0.15, 0.2) is 5.90 Å². The van der Waals surface area contributed by atoms with Crippen molar-refractivity contribution >= 4 is 5.90 Å². The summed E-state index contributed by atoms with van der Waals surface area (Å²) in [6, 6.07) is 0. The number of aliphatic hydroxyl groups excluding tert-OH is 1. The minimum absolute atomic E-state index is 0.134. The number of nitrogens with zero attached hydrogens (tertiary/aromatic N) is 1. The fraction of sp³-hybridized carbons (Fsp3) is 0.870. The Morgan fingerprint density at radius 1 is 0.923 bits per heavy atom. The number of hydrogen-bond acceptors (Lipinski definition) is 3. The van der Waals surface area contributed by atoms with Crippen molar-refractivity contribution < 1.29 is 9.84 Å². The molecule has 0 aromatic rings. The predicted molar refractivity (Wildman–Crippen MR) is 113 cm³/mol. The van der Waals surface area contributed by atoms with Crippen molar-refractivity contribution in [2.45, 2.75) is 104 Å². The van der Waals surface area contributed by atoms with Crippen molar-refractivity contribution in [1.29, 1.82) is 0 Å². The quantitative estimate of drug-likeness (QED) is 0.238. The Morgan fingerprint density at radius 3 is 2.04 bits per heavy atom. The zero-order valence-corrected chi connectivity index (χ0v) is 17.5. The molecule has 0 saturated carbocycles. The van der Waals surface area contributed by atoms with Gasteiger partial charge < -0.3 is 9.84 Å². The van der Waals surface area contributed by atoms with E-state index in [4.69, 9.17) is 4.74 Å². The van der Waals surface area contributed by atoms with Gasteiger partial charge >= 0.3 is 0 Å². The predicted octanol–water partition coefficient (Wildman–Crippen LogP) is 6.45. The zero-order chi connectivity index (χ0) is 18.9. The first-order chi connectivity index (χ1) is 12.7. The number of ether oxygens (including phenoxy) is 1. The average Bonchev–Trinajstić information content (AvgIpc) is 3.20. The van der Waals surface area contributed by atoms with E-state index in [-0.39, 0.29) is 12.0 Å². The van der Waals surface area contributed by atoms with Crippen LogP contribution in [0, 0.1) is 5.41 Å². The van der Waals surface area contributed by atoms with E-state index in [2.05, 4.69) is 31.0 Å². The number of aliphatic imine (C=N–C) groups is 1. The molecule has 0 aromatic carbocycles. The van der Waals surface area contributed by atoms with Crippen LogP contribution in [-0.2, 0) is 4.74 Å². The van der Waals surface area contributed by atoms with Crippen LogP contribution in [0.4, 0.5) is 0 Å². The molecule has 0 bridgehead atoms. The second kappa shape index (κ2) is 15.2. The first kappa shape index (κ1) is 23.2. The third-order valence-electron chi connectivity index (χ3n) is 5.44. The first-order valence-corrected chi connectivity index (χ1v) is 11.2.